The Morgan fingerprint density at radius 2 is 1.81 bits per heavy atom. The molecule has 3 fully saturated rings. The van der Waals surface area contributed by atoms with Crippen molar-refractivity contribution >= 4 is 17.2 Å². The molecule has 0 bridgehead atoms. The average Bonchev–Trinajstić information content (AvgIpc) is 3.10. The van der Waals surface area contributed by atoms with E-state index in [0.29, 0.717) is 29.6 Å². The van der Waals surface area contributed by atoms with Crippen LogP contribution < -0.4 is 20.9 Å². The van der Waals surface area contributed by atoms with Crippen molar-refractivity contribution in [3.05, 3.63) is 72.4 Å². The standard InChI is InChI=1S/C30H34N6/c31-18-21-9-11-24(12-10-21)35-16-14-28-23(20-35)19-34-27-7-3-4-8-29(27)36(28)30-17-22(13-15-33-30)25-5-1-2-6-26(25)32/h1-2,5-6,9-13,15,17,23,27-29,34H,3-4,7-8,14,16,19-20,32H2. The summed E-state index contributed by atoms with van der Waals surface area (Å²) in [6.07, 6.45) is 8.05. The van der Waals surface area contributed by atoms with Gasteiger partial charge in [-0.1, -0.05) is 31.0 Å². The van der Waals surface area contributed by atoms with Gasteiger partial charge in [0.15, 0.2) is 0 Å². The van der Waals surface area contributed by atoms with Crippen LogP contribution in [0.15, 0.2) is 66.9 Å². The molecule has 4 atom stereocenters. The number of pyridine rings is 1. The van der Waals surface area contributed by atoms with Crippen molar-refractivity contribution in [3.63, 3.8) is 0 Å². The summed E-state index contributed by atoms with van der Waals surface area (Å²) in [7, 11) is 0. The number of hydrogen-bond donors (Lipinski definition) is 2. The van der Waals surface area contributed by atoms with E-state index in [9.17, 15) is 5.26 Å². The summed E-state index contributed by atoms with van der Waals surface area (Å²) in [5.74, 6) is 1.57. The SMILES string of the molecule is N#Cc1ccc(N2CCC3C(CNC4CCCCC4N3c3cc(-c4ccccc4N)ccn3)C2)cc1. The second kappa shape index (κ2) is 9.83. The van der Waals surface area contributed by atoms with Crippen molar-refractivity contribution in [3.8, 4) is 17.2 Å². The van der Waals surface area contributed by atoms with Crippen molar-refractivity contribution in [2.75, 3.05) is 35.2 Å². The molecule has 0 amide bonds. The summed E-state index contributed by atoms with van der Waals surface area (Å²) in [6.45, 7) is 3.04. The maximum atomic E-state index is 9.18. The first-order valence-electron chi connectivity index (χ1n) is 13.3. The first-order valence-corrected chi connectivity index (χ1v) is 13.3. The van der Waals surface area contributed by atoms with Crippen LogP contribution in [0.4, 0.5) is 17.2 Å². The molecule has 6 nitrogen and oxygen atoms in total. The number of nitrogens with two attached hydrogens (primary N) is 1. The van der Waals surface area contributed by atoms with Gasteiger partial charge in [-0.3, -0.25) is 0 Å². The molecule has 1 aromatic heterocycles. The van der Waals surface area contributed by atoms with Gasteiger partial charge in [0.1, 0.15) is 5.82 Å². The predicted octanol–water partition coefficient (Wildman–Crippen LogP) is 4.82. The molecule has 184 valence electrons. The lowest BCUT2D eigenvalue weighted by Gasteiger charge is -2.47. The highest BCUT2D eigenvalue weighted by Crippen LogP contribution is 2.38. The molecule has 36 heavy (non-hydrogen) atoms. The van der Waals surface area contributed by atoms with Crippen LogP contribution in [0.25, 0.3) is 11.1 Å². The van der Waals surface area contributed by atoms with Crippen LogP contribution in [-0.2, 0) is 0 Å². The maximum absolute atomic E-state index is 9.18. The quantitative estimate of drug-likeness (QED) is 0.526. The number of fused-ring (bicyclic) bond motifs is 2. The van der Waals surface area contributed by atoms with E-state index in [2.05, 4.69) is 51.5 Å². The topological polar surface area (TPSA) is 81.2 Å². The Morgan fingerprint density at radius 1 is 0.972 bits per heavy atom. The van der Waals surface area contributed by atoms with E-state index >= 15 is 0 Å². The minimum absolute atomic E-state index is 0.441. The number of piperidine rings is 1. The molecule has 2 aromatic carbocycles. The highest BCUT2D eigenvalue weighted by Gasteiger charge is 2.43. The van der Waals surface area contributed by atoms with E-state index in [4.69, 9.17) is 10.7 Å². The number of nitriles is 1. The second-order valence-electron chi connectivity index (χ2n) is 10.5. The molecule has 6 rings (SSSR count). The number of nitrogens with one attached hydrogen (secondary N) is 1. The molecule has 3 N–H and O–H groups in total. The number of anilines is 3. The highest BCUT2D eigenvalue weighted by molar-refractivity contribution is 5.77. The lowest BCUT2D eigenvalue weighted by atomic mass is 9.86. The summed E-state index contributed by atoms with van der Waals surface area (Å²) in [5, 5.41) is 13.1. The number of aromatic nitrogens is 1. The largest absolute Gasteiger partial charge is 0.398 e. The Morgan fingerprint density at radius 3 is 2.64 bits per heavy atom. The van der Waals surface area contributed by atoms with Gasteiger partial charge in [0.05, 0.1) is 11.6 Å². The first-order chi connectivity index (χ1) is 17.7. The molecule has 3 aromatic rings. The van der Waals surface area contributed by atoms with Gasteiger partial charge >= 0.3 is 0 Å². The van der Waals surface area contributed by atoms with Gasteiger partial charge in [-0.25, -0.2) is 4.98 Å². The van der Waals surface area contributed by atoms with Gasteiger partial charge in [0.25, 0.3) is 0 Å². The molecule has 3 aliphatic rings. The van der Waals surface area contributed by atoms with Gasteiger partial charge in [-0.2, -0.15) is 5.26 Å². The Labute approximate surface area is 213 Å². The van der Waals surface area contributed by atoms with Gasteiger partial charge in [0, 0.05) is 66.8 Å². The average molecular weight is 479 g/mol. The fourth-order valence-electron chi connectivity index (χ4n) is 6.63. The van der Waals surface area contributed by atoms with Gasteiger partial charge < -0.3 is 20.9 Å². The van der Waals surface area contributed by atoms with Crippen molar-refractivity contribution in [1.82, 2.24) is 10.3 Å². The smallest absolute Gasteiger partial charge is 0.129 e. The van der Waals surface area contributed by atoms with Crippen molar-refractivity contribution in [2.45, 2.75) is 50.2 Å². The molecule has 3 heterocycles. The zero-order valence-corrected chi connectivity index (χ0v) is 20.7. The summed E-state index contributed by atoms with van der Waals surface area (Å²) in [5.41, 5.74) is 11.3. The summed E-state index contributed by atoms with van der Waals surface area (Å²) >= 11 is 0. The Balaban J connectivity index is 1.33. The molecular formula is C30H34N6. The molecule has 2 saturated heterocycles. The molecule has 2 aliphatic heterocycles. The van der Waals surface area contributed by atoms with Crippen LogP contribution in [0.2, 0.25) is 0 Å². The fraction of sp³-hybridized carbons (Fsp3) is 0.400. The third-order valence-electron chi connectivity index (χ3n) is 8.42. The Bertz CT molecular complexity index is 1250. The van der Waals surface area contributed by atoms with Crippen LogP contribution >= 0.6 is 0 Å². The van der Waals surface area contributed by atoms with E-state index in [1.165, 1.54) is 31.4 Å². The van der Waals surface area contributed by atoms with Crippen LogP contribution in [0.5, 0.6) is 0 Å². The van der Waals surface area contributed by atoms with Gasteiger partial charge in [-0.15, -0.1) is 0 Å². The lowest BCUT2D eigenvalue weighted by molar-refractivity contribution is 0.316. The second-order valence-corrected chi connectivity index (χ2v) is 10.5. The van der Waals surface area contributed by atoms with E-state index in [0.717, 1.165) is 48.7 Å². The van der Waals surface area contributed by atoms with Crippen LogP contribution in [-0.4, -0.2) is 42.7 Å². The van der Waals surface area contributed by atoms with Crippen LogP contribution in [0.3, 0.4) is 0 Å². The zero-order chi connectivity index (χ0) is 24.5. The van der Waals surface area contributed by atoms with Crippen molar-refractivity contribution in [2.24, 2.45) is 5.92 Å². The monoisotopic (exact) mass is 478 g/mol. The first kappa shape index (κ1) is 22.9. The van der Waals surface area contributed by atoms with Crippen LogP contribution in [0.1, 0.15) is 37.7 Å². The fourth-order valence-corrected chi connectivity index (χ4v) is 6.63. The number of hydrogen-bond acceptors (Lipinski definition) is 6. The summed E-state index contributed by atoms with van der Waals surface area (Å²) < 4.78 is 0. The third kappa shape index (κ3) is 4.29. The maximum Gasteiger partial charge on any atom is 0.129 e. The minimum Gasteiger partial charge on any atom is -0.398 e. The zero-order valence-electron chi connectivity index (χ0n) is 20.7. The van der Waals surface area contributed by atoms with E-state index < -0.39 is 0 Å². The van der Waals surface area contributed by atoms with Gasteiger partial charge in [0.2, 0.25) is 0 Å². The minimum atomic E-state index is 0.441. The summed E-state index contributed by atoms with van der Waals surface area (Å²) in [6, 6.07) is 24.1. The molecule has 6 heteroatoms. The normalized spacial score (nSPS) is 25.9. The van der Waals surface area contributed by atoms with E-state index in [1.54, 1.807) is 0 Å². The predicted molar refractivity (Wildman–Crippen MR) is 146 cm³/mol. The summed E-state index contributed by atoms with van der Waals surface area (Å²) in [4.78, 5) is 10.1. The number of benzene rings is 2. The Kier molecular flexibility index (Phi) is 6.25. The van der Waals surface area contributed by atoms with Crippen LogP contribution in [0, 0.1) is 17.2 Å². The van der Waals surface area contributed by atoms with Crippen molar-refractivity contribution in [1.29, 1.82) is 5.26 Å². The van der Waals surface area contributed by atoms with E-state index in [-0.39, 0.29) is 0 Å². The molecule has 4 unspecified atom stereocenters. The molecular weight excluding hydrogens is 444 g/mol. The van der Waals surface area contributed by atoms with E-state index in [1.807, 2.05) is 36.5 Å². The lowest BCUT2D eigenvalue weighted by Crippen LogP contribution is -2.56. The highest BCUT2D eigenvalue weighted by atomic mass is 15.3. The molecule has 1 aliphatic carbocycles. The third-order valence-corrected chi connectivity index (χ3v) is 8.42. The van der Waals surface area contributed by atoms with Gasteiger partial charge in [-0.05, 0) is 67.3 Å². The molecule has 0 spiro atoms. The molecule has 0 radical (unpaired) electrons. The molecule has 1 saturated carbocycles. The number of nitrogen functional groups attached to an aromatic ring is 1. The number of rotatable bonds is 3. The number of nitrogens with zero attached hydrogens (tertiary/aromatic N) is 4. The number of para-hydroxylation sites is 1. The van der Waals surface area contributed by atoms with Crippen molar-refractivity contribution < 1.29 is 0 Å². The Hall–Kier alpha value is -3.56.